The zero-order valence-electron chi connectivity index (χ0n) is 14.3. The van der Waals surface area contributed by atoms with Crippen LogP contribution >= 0.6 is 0 Å². The van der Waals surface area contributed by atoms with Crippen molar-refractivity contribution in [1.82, 2.24) is 14.6 Å². The average molecular weight is 397 g/mol. The summed E-state index contributed by atoms with van der Waals surface area (Å²) in [6.45, 7) is 1.46. The molecule has 2 aromatic rings. The van der Waals surface area contributed by atoms with Crippen LogP contribution in [0.2, 0.25) is 0 Å². The second-order valence-corrected chi connectivity index (χ2v) is 8.77. The third-order valence-electron chi connectivity index (χ3n) is 5.21. The first-order valence-electron chi connectivity index (χ1n) is 8.59. The van der Waals surface area contributed by atoms with E-state index in [1.807, 2.05) is 0 Å². The monoisotopic (exact) mass is 397 g/mol. The van der Waals surface area contributed by atoms with E-state index in [1.165, 1.54) is 12.1 Å². The van der Waals surface area contributed by atoms with E-state index in [4.69, 9.17) is 0 Å². The lowest BCUT2D eigenvalue weighted by molar-refractivity contribution is -0.139. The number of benzene rings is 1. The SMILES string of the molecule is O=S(=O)(c1ccccc1C(F)(F)F)N1Cc2cccnc2[C@H]2CNC[C@@H]2C1. The van der Waals surface area contributed by atoms with Gasteiger partial charge in [0.2, 0.25) is 10.0 Å². The maximum atomic E-state index is 13.4. The number of nitrogens with zero attached hydrogens (tertiary/aromatic N) is 2. The van der Waals surface area contributed by atoms with E-state index in [2.05, 4.69) is 10.3 Å². The van der Waals surface area contributed by atoms with Gasteiger partial charge in [0, 0.05) is 37.4 Å². The molecule has 2 aliphatic rings. The van der Waals surface area contributed by atoms with Gasteiger partial charge in [-0.1, -0.05) is 18.2 Å². The summed E-state index contributed by atoms with van der Waals surface area (Å²) in [6, 6.07) is 7.85. The summed E-state index contributed by atoms with van der Waals surface area (Å²) in [4.78, 5) is 3.72. The second-order valence-electron chi connectivity index (χ2n) is 6.86. The van der Waals surface area contributed by atoms with Crippen LogP contribution in [0.25, 0.3) is 0 Å². The minimum absolute atomic E-state index is 0.0185. The van der Waals surface area contributed by atoms with Gasteiger partial charge in [0.25, 0.3) is 0 Å². The molecule has 9 heteroatoms. The Bertz CT molecular complexity index is 962. The van der Waals surface area contributed by atoms with E-state index in [9.17, 15) is 21.6 Å². The quantitative estimate of drug-likeness (QED) is 0.846. The molecule has 27 heavy (non-hydrogen) atoms. The number of sulfonamides is 1. The molecule has 0 radical (unpaired) electrons. The van der Waals surface area contributed by atoms with E-state index >= 15 is 0 Å². The third kappa shape index (κ3) is 3.24. The van der Waals surface area contributed by atoms with Crippen LogP contribution < -0.4 is 5.32 Å². The number of nitrogens with one attached hydrogen (secondary N) is 1. The van der Waals surface area contributed by atoms with Crippen LogP contribution in [0.3, 0.4) is 0 Å². The highest BCUT2D eigenvalue weighted by molar-refractivity contribution is 7.89. The molecule has 3 heterocycles. The highest BCUT2D eigenvalue weighted by Gasteiger charge is 2.42. The van der Waals surface area contributed by atoms with Crippen molar-refractivity contribution < 1.29 is 21.6 Å². The molecular formula is C18H18F3N3O2S. The molecule has 1 aromatic heterocycles. The minimum atomic E-state index is -4.74. The van der Waals surface area contributed by atoms with Crippen LogP contribution in [0.1, 0.15) is 22.7 Å². The number of hydrogen-bond donors (Lipinski definition) is 1. The Morgan fingerprint density at radius 3 is 2.67 bits per heavy atom. The maximum absolute atomic E-state index is 13.4. The van der Waals surface area contributed by atoms with Crippen molar-refractivity contribution in [3.8, 4) is 0 Å². The lowest BCUT2D eigenvalue weighted by Gasteiger charge is -2.25. The number of hydrogen-bond acceptors (Lipinski definition) is 4. The molecule has 1 N–H and O–H groups in total. The van der Waals surface area contributed by atoms with E-state index in [0.29, 0.717) is 13.1 Å². The first-order valence-corrected chi connectivity index (χ1v) is 10.0. The maximum Gasteiger partial charge on any atom is 0.417 e. The number of aromatic nitrogens is 1. The van der Waals surface area contributed by atoms with E-state index < -0.39 is 26.7 Å². The number of halogens is 3. The Kier molecular flexibility index (Phi) is 4.48. The summed E-state index contributed by atoms with van der Waals surface area (Å²) in [5, 5.41) is 3.24. The number of pyridine rings is 1. The van der Waals surface area contributed by atoms with Gasteiger partial charge in [-0.2, -0.15) is 17.5 Å². The number of fused-ring (bicyclic) bond motifs is 3. The molecule has 0 bridgehead atoms. The van der Waals surface area contributed by atoms with Gasteiger partial charge in [-0.15, -0.1) is 0 Å². The molecule has 0 saturated carbocycles. The van der Waals surface area contributed by atoms with Gasteiger partial charge in [0.05, 0.1) is 10.5 Å². The summed E-state index contributed by atoms with van der Waals surface area (Å²) in [6.07, 6.45) is -3.08. The molecule has 0 amide bonds. The highest BCUT2D eigenvalue weighted by Crippen LogP contribution is 2.38. The Balaban J connectivity index is 1.80. The molecule has 144 valence electrons. The van der Waals surface area contributed by atoms with Gasteiger partial charge >= 0.3 is 6.18 Å². The fourth-order valence-electron chi connectivity index (χ4n) is 3.93. The lowest BCUT2D eigenvalue weighted by atomic mass is 9.91. The zero-order valence-corrected chi connectivity index (χ0v) is 15.1. The third-order valence-corrected chi connectivity index (χ3v) is 7.08. The molecule has 5 nitrogen and oxygen atoms in total. The molecule has 1 saturated heterocycles. The molecule has 4 rings (SSSR count). The van der Waals surface area contributed by atoms with Gasteiger partial charge in [-0.05, 0) is 36.2 Å². The zero-order chi connectivity index (χ0) is 19.2. The predicted molar refractivity (Wildman–Crippen MR) is 92.4 cm³/mol. The van der Waals surface area contributed by atoms with Crippen LogP contribution in [0.15, 0.2) is 47.5 Å². The summed E-state index contributed by atoms with van der Waals surface area (Å²) in [5.41, 5.74) is 0.429. The smallest absolute Gasteiger partial charge is 0.316 e. The van der Waals surface area contributed by atoms with Crippen LogP contribution in [0.5, 0.6) is 0 Å². The number of alkyl halides is 3. The van der Waals surface area contributed by atoms with Crippen LogP contribution in [-0.2, 0) is 22.7 Å². The second kappa shape index (κ2) is 6.57. The Labute approximate surface area is 155 Å². The first kappa shape index (κ1) is 18.4. The summed E-state index contributed by atoms with van der Waals surface area (Å²) in [7, 11) is -4.32. The molecule has 2 atom stereocenters. The van der Waals surface area contributed by atoms with Gasteiger partial charge in [-0.3, -0.25) is 4.98 Å². The van der Waals surface area contributed by atoms with Crippen molar-refractivity contribution in [1.29, 1.82) is 0 Å². The molecule has 0 spiro atoms. The molecule has 2 aliphatic heterocycles. The van der Waals surface area contributed by atoms with Crippen molar-refractivity contribution in [2.24, 2.45) is 5.92 Å². The minimum Gasteiger partial charge on any atom is -0.316 e. The van der Waals surface area contributed by atoms with Crippen molar-refractivity contribution in [2.75, 3.05) is 19.6 Å². The summed E-state index contributed by atoms with van der Waals surface area (Å²) < 4.78 is 67.7. The van der Waals surface area contributed by atoms with Crippen molar-refractivity contribution in [3.05, 3.63) is 59.4 Å². The molecule has 0 unspecified atom stereocenters. The Morgan fingerprint density at radius 1 is 1.11 bits per heavy atom. The Hall–Kier alpha value is -1.97. The molecular weight excluding hydrogens is 379 g/mol. The average Bonchev–Trinajstić information content (AvgIpc) is 3.02. The Morgan fingerprint density at radius 2 is 1.89 bits per heavy atom. The largest absolute Gasteiger partial charge is 0.417 e. The van der Waals surface area contributed by atoms with E-state index in [-0.39, 0.29) is 24.9 Å². The first-order chi connectivity index (χ1) is 12.8. The van der Waals surface area contributed by atoms with Crippen molar-refractivity contribution >= 4 is 10.0 Å². The molecule has 0 aliphatic carbocycles. The van der Waals surface area contributed by atoms with Crippen molar-refractivity contribution in [3.63, 3.8) is 0 Å². The predicted octanol–water partition coefficient (Wildman–Crippen LogP) is 2.61. The fourth-order valence-corrected chi connectivity index (χ4v) is 5.61. The van der Waals surface area contributed by atoms with Gasteiger partial charge in [0.15, 0.2) is 0 Å². The summed E-state index contributed by atoms with van der Waals surface area (Å²) in [5.74, 6) is 0.0215. The fraction of sp³-hybridized carbons (Fsp3) is 0.389. The number of rotatable bonds is 2. The normalized spacial score (nSPS) is 23.5. The van der Waals surface area contributed by atoms with Crippen LogP contribution in [0, 0.1) is 5.92 Å². The van der Waals surface area contributed by atoms with E-state index in [0.717, 1.165) is 27.7 Å². The van der Waals surface area contributed by atoms with Crippen LogP contribution in [0.4, 0.5) is 13.2 Å². The molecule has 1 aromatic carbocycles. The van der Waals surface area contributed by atoms with Gasteiger partial charge < -0.3 is 5.32 Å². The van der Waals surface area contributed by atoms with Gasteiger partial charge in [-0.25, -0.2) is 8.42 Å². The molecule has 1 fully saturated rings. The standard InChI is InChI=1S/C18H18F3N3O2S/c19-18(20,21)15-5-1-2-6-16(15)27(25,26)24-10-12-4-3-7-23-17(12)14-9-22-8-13(14)11-24/h1-7,13-14,22H,8-11H2/t13-,14+/m1/s1. The van der Waals surface area contributed by atoms with E-state index in [1.54, 1.807) is 18.3 Å². The van der Waals surface area contributed by atoms with Crippen LogP contribution in [-0.4, -0.2) is 37.3 Å². The van der Waals surface area contributed by atoms with Crippen molar-refractivity contribution in [2.45, 2.75) is 23.5 Å². The van der Waals surface area contributed by atoms with Gasteiger partial charge in [0.1, 0.15) is 0 Å². The summed E-state index contributed by atoms with van der Waals surface area (Å²) >= 11 is 0. The lowest BCUT2D eigenvalue weighted by Crippen LogP contribution is -2.36. The highest BCUT2D eigenvalue weighted by atomic mass is 32.2. The topological polar surface area (TPSA) is 62.3 Å².